The number of halogens is 4. The number of nitrogens with zero attached hydrogens (tertiary/aromatic N) is 1. The number of hydrogen-bond acceptors (Lipinski definition) is 5. The summed E-state index contributed by atoms with van der Waals surface area (Å²) in [5.41, 5.74) is 0.344. The quantitative estimate of drug-likeness (QED) is 0.548. The summed E-state index contributed by atoms with van der Waals surface area (Å²) in [6.07, 6.45) is -4.43. The summed E-state index contributed by atoms with van der Waals surface area (Å²) in [7, 11) is 0. The molecule has 0 amide bonds. The molecule has 10 heteroatoms. The number of fused-ring (bicyclic) bond motifs is 1. The molecule has 1 unspecified atom stereocenters. The molecule has 3 aromatic rings. The molecule has 0 radical (unpaired) electrons. The number of phenolic OH excluding ortho intramolecular Hbond substituents is 1. The molecule has 176 valence electrons. The molecule has 0 saturated carbocycles. The third-order valence-corrected chi connectivity index (χ3v) is 5.64. The Hall–Kier alpha value is -3.56. The number of rotatable bonds is 6. The van der Waals surface area contributed by atoms with Gasteiger partial charge in [-0.1, -0.05) is 20.3 Å². The summed E-state index contributed by atoms with van der Waals surface area (Å²) >= 11 is 0. The Balaban J connectivity index is 2.21. The van der Waals surface area contributed by atoms with Crippen LogP contribution in [0.15, 0.2) is 36.4 Å². The van der Waals surface area contributed by atoms with Crippen LogP contribution >= 0.6 is 0 Å². The van der Waals surface area contributed by atoms with Crippen LogP contribution in [0.4, 0.5) is 17.6 Å². The second-order valence-corrected chi connectivity index (χ2v) is 7.71. The van der Waals surface area contributed by atoms with Gasteiger partial charge in [-0.3, -0.25) is 9.36 Å². The van der Waals surface area contributed by atoms with Crippen molar-refractivity contribution in [2.75, 3.05) is 0 Å². The van der Waals surface area contributed by atoms with Crippen molar-refractivity contribution in [1.82, 2.24) is 4.57 Å². The first-order chi connectivity index (χ1) is 15.4. The summed E-state index contributed by atoms with van der Waals surface area (Å²) in [5.74, 6) is -5.96. The number of ether oxygens (including phenoxy) is 1. The molecule has 1 heterocycles. The number of carboxylic acid groups (broad SMARTS) is 1. The maximum absolute atomic E-state index is 14.2. The molecule has 0 saturated heterocycles. The minimum absolute atomic E-state index is 0.00738. The fourth-order valence-electron chi connectivity index (χ4n) is 3.90. The lowest BCUT2D eigenvalue weighted by Crippen LogP contribution is -2.33. The van der Waals surface area contributed by atoms with Crippen molar-refractivity contribution in [3.63, 3.8) is 0 Å². The highest BCUT2D eigenvalue weighted by Crippen LogP contribution is 2.39. The number of hydrogen-bond donors (Lipinski definition) is 1. The van der Waals surface area contributed by atoms with Crippen LogP contribution in [0.2, 0.25) is 0 Å². The van der Waals surface area contributed by atoms with E-state index < -0.39 is 47.4 Å². The lowest BCUT2D eigenvalue weighted by atomic mass is 9.84. The molecular weight excluding hydrogens is 446 g/mol. The van der Waals surface area contributed by atoms with Crippen molar-refractivity contribution < 1.29 is 42.1 Å². The van der Waals surface area contributed by atoms with Crippen molar-refractivity contribution >= 4 is 22.8 Å². The Morgan fingerprint density at radius 2 is 1.79 bits per heavy atom. The first kappa shape index (κ1) is 24.1. The minimum Gasteiger partial charge on any atom is -0.549 e. The fourth-order valence-corrected chi connectivity index (χ4v) is 3.90. The van der Waals surface area contributed by atoms with Crippen molar-refractivity contribution in [1.29, 1.82) is 0 Å². The number of aromatic hydroxyl groups is 1. The first-order valence-corrected chi connectivity index (χ1v) is 10.0. The summed E-state index contributed by atoms with van der Waals surface area (Å²) in [4.78, 5) is 25.3. The van der Waals surface area contributed by atoms with Gasteiger partial charge in [0.1, 0.15) is 5.75 Å². The third-order valence-electron chi connectivity index (χ3n) is 5.64. The Labute approximate surface area is 186 Å². The van der Waals surface area contributed by atoms with Crippen LogP contribution < -0.4 is 9.84 Å². The normalized spacial score (nSPS) is 13.7. The fraction of sp³-hybridized carbons (Fsp3) is 0.304. The average molecular weight is 466 g/mol. The van der Waals surface area contributed by atoms with Crippen LogP contribution in [0.1, 0.15) is 47.8 Å². The van der Waals surface area contributed by atoms with Gasteiger partial charge in [-0.15, -0.1) is 13.2 Å². The highest BCUT2D eigenvalue weighted by Gasteiger charge is 2.32. The summed E-state index contributed by atoms with van der Waals surface area (Å²) < 4.78 is 56.3. The maximum atomic E-state index is 14.2. The predicted molar refractivity (Wildman–Crippen MR) is 108 cm³/mol. The maximum Gasteiger partial charge on any atom is 0.573 e. The molecule has 0 spiro atoms. The Morgan fingerprint density at radius 1 is 1.18 bits per heavy atom. The second-order valence-electron chi connectivity index (χ2n) is 7.71. The molecular formula is C23H20F4NO5-. The van der Waals surface area contributed by atoms with Gasteiger partial charge in [0.2, 0.25) is 0 Å². The monoisotopic (exact) mass is 466 g/mol. The van der Waals surface area contributed by atoms with E-state index in [0.29, 0.717) is 6.42 Å². The van der Waals surface area contributed by atoms with Crippen molar-refractivity contribution in [2.24, 2.45) is 5.92 Å². The number of phenols is 1. The summed E-state index contributed by atoms with van der Waals surface area (Å²) in [6.45, 7) is 4.94. The molecule has 0 aliphatic carbocycles. The standard InChI is InChI=1S/C23H21F4NO5/c1-4-11(2)19(22(31)32)20-12(3)28(17-10-16(24)18(29)9-15(17)20)21(30)13-5-7-14(8-6-13)33-23(25,26)27/h5-11,19,29H,4H2,1-3H3,(H,31,32)/p-1/t11?,19-/m1/s1. The van der Waals surface area contributed by atoms with E-state index in [1.54, 1.807) is 13.8 Å². The van der Waals surface area contributed by atoms with Gasteiger partial charge in [-0.2, -0.15) is 0 Å². The number of carbonyl (C=O) groups is 2. The zero-order valence-corrected chi connectivity index (χ0v) is 17.9. The molecule has 0 aliphatic rings. The number of carboxylic acids is 1. The van der Waals surface area contributed by atoms with E-state index in [-0.39, 0.29) is 27.7 Å². The van der Waals surface area contributed by atoms with Gasteiger partial charge in [0, 0.05) is 34.6 Å². The van der Waals surface area contributed by atoms with Gasteiger partial charge in [-0.05, 0) is 48.7 Å². The van der Waals surface area contributed by atoms with Crippen LogP contribution in [0.5, 0.6) is 11.5 Å². The van der Waals surface area contributed by atoms with Gasteiger partial charge in [0.25, 0.3) is 5.91 Å². The van der Waals surface area contributed by atoms with Gasteiger partial charge >= 0.3 is 6.36 Å². The van der Waals surface area contributed by atoms with E-state index in [2.05, 4.69) is 4.74 Å². The van der Waals surface area contributed by atoms with Gasteiger partial charge < -0.3 is 19.7 Å². The van der Waals surface area contributed by atoms with Gasteiger partial charge in [-0.25, -0.2) is 4.39 Å². The molecule has 1 N–H and O–H groups in total. The zero-order chi connectivity index (χ0) is 24.7. The van der Waals surface area contributed by atoms with Crippen LogP contribution in [-0.4, -0.2) is 27.9 Å². The van der Waals surface area contributed by atoms with Crippen LogP contribution in [0, 0.1) is 18.7 Å². The topological polar surface area (TPSA) is 91.6 Å². The van der Waals surface area contributed by atoms with E-state index in [4.69, 9.17) is 0 Å². The molecule has 0 aliphatic heterocycles. The predicted octanol–water partition coefficient (Wildman–Crippen LogP) is 4.26. The lowest BCUT2D eigenvalue weighted by molar-refractivity contribution is -0.309. The van der Waals surface area contributed by atoms with E-state index in [1.165, 1.54) is 6.92 Å². The molecule has 0 fully saturated rings. The van der Waals surface area contributed by atoms with E-state index in [1.807, 2.05) is 0 Å². The molecule has 2 aromatic carbocycles. The van der Waals surface area contributed by atoms with Crippen LogP contribution in [-0.2, 0) is 4.79 Å². The van der Waals surface area contributed by atoms with Crippen molar-refractivity contribution in [3.8, 4) is 11.5 Å². The largest absolute Gasteiger partial charge is 0.573 e. The van der Waals surface area contributed by atoms with Gasteiger partial charge in [0.05, 0.1) is 5.52 Å². The molecule has 1 aromatic heterocycles. The molecule has 0 bridgehead atoms. The van der Waals surface area contributed by atoms with E-state index in [9.17, 15) is 37.4 Å². The second kappa shape index (κ2) is 8.76. The van der Waals surface area contributed by atoms with Crippen molar-refractivity contribution in [3.05, 3.63) is 59.0 Å². The highest BCUT2D eigenvalue weighted by molar-refractivity contribution is 6.05. The van der Waals surface area contributed by atoms with Crippen molar-refractivity contribution in [2.45, 2.75) is 39.5 Å². The summed E-state index contributed by atoms with van der Waals surface area (Å²) in [6, 6.07) is 6.08. The Morgan fingerprint density at radius 3 is 2.30 bits per heavy atom. The molecule has 33 heavy (non-hydrogen) atoms. The van der Waals surface area contributed by atoms with E-state index >= 15 is 0 Å². The van der Waals surface area contributed by atoms with E-state index in [0.717, 1.165) is 41.0 Å². The lowest BCUT2D eigenvalue weighted by Gasteiger charge is -2.25. The highest BCUT2D eigenvalue weighted by atomic mass is 19.4. The first-order valence-electron chi connectivity index (χ1n) is 10.0. The summed E-state index contributed by atoms with van der Waals surface area (Å²) in [5, 5.41) is 22.1. The Bertz CT molecular complexity index is 1210. The number of carbonyl (C=O) groups excluding carboxylic acids is 2. The minimum atomic E-state index is -4.90. The SMILES string of the molecule is CCC(C)[C@@H](C(=O)[O-])c1c(C)n(C(=O)c2ccc(OC(F)(F)F)cc2)c2cc(F)c(O)cc12. The molecule has 2 atom stereocenters. The molecule has 3 rings (SSSR count). The molecule has 6 nitrogen and oxygen atoms in total. The third kappa shape index (κ3) is 4.64. The number of alkyl halides is 3. The van der Waals surface area contributed by atoms with Crippen LogP contribution in [0.3, 0.4) is 0 Å². The zero-order valence-electron chi connectivity index (χ0n) is 17.9. The average Bonchev–Trinajstić information content (AvgIpc) is 2.98. The van der Waals surface area contributed by atoms with Gasteiger partial charge in [0.15, 0.2) is 11.6 Å². The number of aromatic nitrogens is 1. The number of aliphatic carboxylic acids is 1. The van der Waals surface area contributed by atoms with Crippen LogP contribution in [0.25, 0.3) is 10.9 Å². The number of benzene rings is 2. The Kier molecular flexibility index (Phi) is 6.40. The smallest absolute Gasteiger partial charge is 0.549 e.